The number of hydrogen-bond acceptors (Lipinski definition) is 6. The number of rotatable bonds is 5. The quantitative estimate of drug-likeness (QED) is 0.267. The second kappa shape index (κ2) is 6.47. The van der Waals surface area contributed by atoms with E-state index in [-0.39, 0.29) is 17.7 Å². The van der Waals surface area contributed by atoms with Gasteiger partial charge in [0, 0.05) is 19.7 Å². The number of piperidine rings is 1. The number of likely N-dealkylation sites (tertiary alicyclic amines) is 1. The van der Waals surface area contributed by atoms with Crippen molar-refractivity contribution in [2.75, 3.05) is 32.5 Å². The van der Waals surface area contributed by atoms with Gasteiger partial charge in [-0.2, -0.15) is 0 Å². The molecule has 21 heavy (non-hydrogen) atoms. The summed E-state index contributed by atoms with van der Waals surface area (Å²) in [5.74, 6) is -0.157. The van der Waals surface area contributed by atoms with Gasteiger partial charge in [0.1, 0.15) is 0 Å². The van der Waals surface area contributed by atoms with Crippen LogP contribution in [-0.2, 0) is 14.8 Å². The summed E-state index contributed by atoms with van der Waals surface area (Å²) < 4.78 is 32.8. The SMILES string of the molecule is CN1CCC(NS(=O)(=O)CC2CCCO2)(C(N)=NO)CC1. The van der Waals surface area contributed by atoms with Crippen molar-refractivity contribution < 1.29 is 18.4 Å². The smallest absolute Gasteiger partial charge is 0.215 e. The van der Waals surface area contributed by atoms with Crippen molar-refractivity contribution in [3.8, 4) is 0 Å². The molecule has 1 unspecified atom stereocenters. The predicted molar refractivity (Wildman–Crippen MR) is 78.8 cm³/mol. The number of hydrogen-bond donors (Lipinski definition) is 3. The molecule has 2 aliphatic heterocycles. The molecule has 0 spiro atoms. The lowest BCUT2D eigenvalue weighted by atomic mass is 9.88. The Morgan fingerprint density at radius 2 is 2.19 bits per heavy atom. The van der Waals surface area contributed by atoms with Crippen molar-refractivity contribution in [2.45, 2.75) is 37.3 Å². The number of sulfonamides is 1. The van der Waals surface area contributed by atoms with Gasteiger partial charge >= 0.3 is 0 Å². The van der Waals surface area contributed by atoms with E-state index in [0.717, 1.165) is 12.8 Å². The van der Waals surface area contributed by atoms with E-state index in [1.165, 1.54) is 0 Å². The van der Waals surface area contributed by atoms with E-state index in [1.807, 2.05) is 7.05 Å². The van der Waals surface area contributed by atoms with Gasteiger partial charge < -0.3 is 20.6 Å². The van der Waals surface area contributed by atoms with Crippen LogP contribution in [0.25, 0.3) is 0 Å². The summed E-state index contributed by atoms with van der Waals surface area (Å²) in [5, 5.41) is 12.0. The minimum Gasteiger partial charge on any atom is -0.409 e. The molecule has 0 aromatic heterocycles. The summed E-state index contributed by atoms with van der Waals surface area (Å²) in [6.45, 7) is 1.97. The molecule has 0 aromatic carbocycles. The zero-order valence-electron chi connectivity index (χ0n) is 12.3. The van der Waals surface area contributed by atoms with Gasteiger partial charge in [-0.25, -0.2) is 13.1 Å². The molecule has 2 saturated heterocycles. The highest BCUT2D eigenvalue weighted by Gasteiger charge is 2.42. The third kappa shape index (κ3) is 4.06. The first-order valence-electron chi connectivity index (χ1n) is 7.17. The fraction of sp³-hybridized carbons (Fsp3) is 0.917. The van der Waals surface area contributed by atoms with Crippen LogP contribution >= 0.6 is 0 Å². The topological polar surface area (TPSA) is 117 Å². The van der Waals surface area contributed by atoms with Crippen molar-refractivity contribution in [3.05, 3.63) is 0 Å². The molecule has 2 aliphatic rings. The van der Waals surface area contributed by atoms with Gasteiger partial charge in [-0.15, -0.1) is 0 Å². The van der Waals surface area contributed by atoms with Crippen LogP contribution in [0.1, 0.15) is 25.7 Å². The molecule has 2 fully saturated rings. The minimum absolute atomic E-state index is 0.0773. The van der Waals surface area contributed by atoms with E-state index in [9.17, 15) is 8.42 Å². The highest BCUT2D eigenvalue weighted by atomic mass is 32.2. The molecule has 0 aromatic rings. The number of oxime groups is 1. The lowest BCUT2D eigenvalue weighted by molar-refractivity contribution is 0.127. The molecule has 122 valence electrons. The second-order valence-electron chi connectivity index (χ2n) is 5.89. The lowest BCUT2D eigenvalue weighted by Crippen LogP contribution is -2.62. The summed E-state index contributed by atoms with van der Waals surface area (Å²) >= 11 is 0. The maximum atomic E-state index is 12.4. The van der Waals surface area contributed by atoms with E-state index in [0.29, 0.717) is 32.5 Å². The highest BCUT2D eigenvalue weighted by Crippen LogP contribution is 2.24. The first kappa shape index (κ1) is 16.5. The number of ether oxygens (including phenoxy) is 1. The van der Waals surface area contributed by atoms with Gasteiger partial charge in [0.2, 0.25) is 10.0 Å². The van der Waals surface area contributed by atoms with Gasteiger partial charge in [0.05, 0.1) is 17.4 Å². The maximum Gasteiger partial charge on any atom is 0.215 e. The number of nitrogens with one attached hydrogen (secondary N) is 1. The van der Waals surface area contributed by atoms with Crippen molar-refractivity contribution in [1.82, 2.24) is 9.62 Å². The molecule has 2 heterocycles. The summed E-state index contributed by atoms with van der Waals surface area (Å²) in [4.78, 5) is 2.08. The van der Waals surface area contributed by atoms with Gasteiger partial charge in [0.25, 0.3) is 0 Å². The van der Waals surface area contributed by atoms with Crippen LogP contribution in [0.4, 0.5) is 0 Å². The molecule has 0 saturated carbocycles. The highest BCUT2D eigenvalue weighted by molar-refractivity contribution is 7.89. The molecule has 0 amide bonds. The zero-order chi connectivity index (χ0) is 15.5. The summed E-state index contributed by atoms with van der Waals surface area (Å²) in [6.07, 6.45) is 2.32. The fourth-order valence-electron chi connectivity index (χ4n) is 2.87. The first-order chi connectivity index (χ1) is 9.87. The van der Waals surface area contributed by atoms with Crippen LogP contribution in [0.3, 0.4) is 0 Å². The standard InChI is InChI=1S/C12H24N4O4S/c1-16-6-4-12(5-7-16,11(13)14-17)15-21(18,19)9-10-3-2-8-20-10/h10,15,17H,2-9H2,1H3,(H2,13,14). The third-order valence-corrected chi connectivity index (χ3v) is 5.73. The van der Waals surface area contributed by atoms with E-state index in [2.05, 4.69) is 14.8 Å². The second-order valence-corrected chi connectivity index (χ2v) is 7.66. The predicted octanol–water partition coefficient (Wildman–Crippen LogP) is -0.704. The summed E-state index contributed by atoms with van der Waals surface area (Å²) in [7, 11) is -1.61. The zero-order valence-corrected chi connectivity index (χ0v) is 13.1. The largest absolute Gasteiger partial charge is 0.409 e. The molecule has 0 aliphatic carbocycles. The Balaban J connectivity index is 2.11. The van der Waals surface area contributed by atoms with Gasteiger partial charge in [-0.1, -0.05) is 5.16 Å². The fourth-order valence-corrected chi connectivity index (χ4v) is 4.61. The molecule has 0 radical (unpaired) electrons. The summed E-state index contributed by atoms with van der Waals surface area (Å²) in [6, 6.07) is 0. The van der Waals surface area contributed by atoms with Crippen molar-refractivity contribution in [3.63, 3.8) is 0 Å². The van der Waals surface area contributed by atoms with Gasteiger partial charge in [-0.3, -0.25) is 0 Å². The lowest BCUT2D eigenvalue weighted by Gasteiger charge is -2.39. The average molecular weight is 320 g/mol. The molecule has 0 bridgehead atoms. The Morgan fingerprint density at radius 3 is 2.71 bits per heavy atom. The molecule has 8 nitrogen and oxygen atoms in total. The molecular weight excluding hydrogens is 296 g/mol. The Labute approximate surface area is 125 Å². The van der Waals surface area contributed by atoms with E-state index in [1.54, 1.807) is 0 Å². The van der Waals surface area contributed by atoms with Crippen LogP contribution in [0.15, 0.2) is 5.16 Å². The summed E-state index contributed by atoms with van der Waals surface area (Å²) in [5.41, 5.74) is 4.77. The monoisotopic (exact) mass is 320 g/mol. The van der Waals surface area contributed by atoms with E-state index < -0.39 is 15.6 Å². The van der Waals surface area contributed by atoms with Crippen molar-refractivity contribution in [2.24, 2.45) is 10.9 Å². The van der Waals surface area contributed by atoms with E-state index in [4.69, 9.17) is 15.7 Å². The van der Waals surface area contributed by atoms with Gasteiger partial charge in [-0.05, 0) is 32.7 Å². The normalized spacial score (nSPS) is 27.9. The van der Waals surface area contributed by atoms with Crippen LogP contribution in [0.2, 0.25) is 0 Å². The average Bonchev–Trinajstić information content (AvgIpc) is 2.92. The maximum absolute atomic E-state index is 12.4. The Kier molecular flexibility index (Phi) is 5.07. The van der Waals surface area contributed by atoms with Crippen LogP contribution in [0, 0.1) is 0 Å². The van der Waals surface area contributed by atoms with Crippen molar-refractivity contribution in [1.29, 1.82) is 0 Å². The first-order valence-corrected chi connectivity index (χ1v) is 8.82. The Hall–Kier alpha value is -0.900. The van der Waals surface area contributed by atoms with Crippen molar-refractivity contribution >= 4 is 15.9 Å². The Morgan fingerprint density at radius 1 is 1.52 bits per heavy atom. The molecule has 4 N–H and O–H groups in total. The third-order valence-electron chi connectivity index (χ3n) is 4.22. The number of nitrogens with zero attached hydrogens (tertiary/aromatic N) is 2. The Bertz CT molecular complexity index is 479. The van der Waals surface area contributed by atoms with Gasteiger partial charge in [0.15, 0.2) is 5.84 Å². The van der Waals surface area contributed by atoms with Crippen LogP contribution < -0.4 is 10.5 Å². The molecule has 2 rings (SSSR count). The van der Waals surface area contributed by atoms with Crippen LogP contribution in [0.5, 0.6) is 0 Å². The number of nitrogens with two attached hydrogens (primary N) is 1. The number of amidine groups is 1. The van der Waals surface area contributed by atoms with E-state index >= 15 is 0 Å². The minimum atomic E-state index is -3.56. The molecular formula is C12H24N4O4S. The molecule has 9 heteroatoms. The van der Waals surface area contributed by atoms with Crippen LogP contribution in [-0.4, -0.2) is 68.5 Å². The molecule has 1 atom stereocenters.